The van der Waals surface area contributed by atoms with E-state index in [9.17, 15) is 0 Å². The Labute approximate surface area is 103 Å². The van der Waals surface area contributed by atoms with Gasteiger partial charge in [-0.05, 0) is 37.0 Å². The van der Waals surface area contributed by atoms with E-state index < -0.39 is 0 Å². The van der Waals surface area contributed by atoms with Crippen LogP contribution in [-0.4, -0.2) is 38.0 Å². The molecule has 1 aromatic carbocycles. The van der Waals surface area contributed by atoms with E-state index in [4.69, 9.17) is 9.84 Å². The molecule has 0 aliphatic carbocycles. The van der Waals surface area contributed by atoms with Crippen molar-refractivity contribution >= 4 is 5.69 Å². The standard InChI is InChI=1S/C14H21NO2/c1-12-4-5-13(3-2-8-16)14(11-12)15-6-9-17-10-7-15/h4-5,11,16H,2-3,6-10H2,1H3. The van der Waals surface area contributed by atoms with Crippen molar-refractivity contribution in [3.8, 4) is 0 Å². The van der Waals surface area contributed by atoms with E-state index in [0.29, 0.717) is 0 Å². The molecule has 0 bridgehead atoms. The molecule has 1 fully saturated rings. The van der Waals surface area contributed by atoms with Crippen LogP contribution in [0.5, 0.6) is 0 Å². The van der Waals surface area contributed by atoms with Crippen molar-refractivity contribution in [1.82, 2.24) is 0 Å². The Hall–Kier alpha value is -1.06. The molecular formula is C14H21NO2. The van der Waals surface area contributed by atoms with Crippen LogP contribution in [0.15, 0.2) is 18.2 Å². The maximum atomic E-state index is 8.95. The lowest BCUT2D eigenvalue weighted by molar-refractivity contribution is 0.122. The Morgan fingerprint density at radius 2 is 2.06 bits per heavy atom. The van der Waals surface area contributed by atoms with Crippen molar-refractivity contribution < 1.29 is 9.84 Å². The molecule has 3 nitrogen and oxygen atoms in total. The molecule has 1 aliphatic heterocycles. The van der Waals surface area contributed by atoms with Gasteiger partial charge in [-0.2, -0.15) is 0 Å². The highest BCUT2D eigenvalue weighted by molar-refractivity contribution is 5.55. The average molecular weight is 235 g/mol. The third kappa shape index (κ3) is 3.20. The second-order valence-corrected chi connectivity index (χ2v) is 4.56. The molecule has 0 aromatic heterocycles. The molecule has 0 saturated carbocycles. The first-order chi connectivity index (χ1) is 8.31. The van der Waals surface area contributed by atoms with E-state index >= 15 is 0 Å². The maximum absolute atomic E-state index is 8.95. The fourth-order valence-electron chi connectivity index (χ4n) is 2.25. The van der Waals surface area contributed by atoms with Crippen molar-refractivity contribution in [3.63, 3.8) is 0 Å². The molecule has 1 saturated heterocycles. The number of anilines is 1. The van der Waals surface area contributed by atoms with Crippen LogP contribution in [0.3, 0.4) is 0 Å². The zero-order valence-electron chi connectivity index (χ0n) is 10.5. The molecule has 0 unspecified atom stereocenters. The lowest BCUT2D eigenvalue weighted by Crippen LogP contribution is -2.36. The van der Waals surface area contributed by atoms with Crippen LogP contribution in [0.25, 0.3) is 0 Å². The highest BCUT2D eigenvalue weighted by Crippen LogP contribution is 2.24. The van der Waals surface area contributed by atoms with E-state index in [1.165, 1.54) is 16.8 Å². The van der Waals surface area contributed by atoms with Gasteiger partial charge in [0.25, 0.3) is 0 Å². The van der Waals surface area contributed by atoms with Crippen LogP contribution in [0.2, 0.25) is 0 Å². The van der Waals surface area contributed by atoms with E-state index in [2.05, 4.69) is 30.0 Å². The second kappa shape index (κ2) is 6.03. The Bertz CT molecular complexity index is 359. The summed E-state index contributed by atoms with van der Waals surface area (Å²) in [6.45, 7) is 5.95. The van der Waals surface area contributed by atoms with Crippen LogP contribution in [0.1, 0.15) is 17.5 Å². The van der Waals surface area contributed by atoms with Gasteiger partial charge in [0, 0.05) is 25.4 Å². The zero-order valence-corrected chi connectivity index (χ0v) is 10.5. The first kappa shape index (κ1) is 12.4. The van der Waals surface area contributed by atoms with Crippen LogP contribution >= 0.6 is 0 Å². The minimum atomic E-state index is 0.260. The number of hydrogen-bond donors (Lipinski definition) is 1. The fourth-order valence-corrected chi connectivity index (χ4v) is 2.25. The van der Waals surface area contributed by atoms with Crippen LogP contribution < -0.4 is 4.90 Å². The molecule has 1 heterocycles. The maximum Gasteiger partial charge on any atom is 0.0642 e. The second-order valence-electron chi connectivity index (χ2n) is 4.56. The summed E-state index contributed by atoms with van der Waals surface area (Å²) in [5.74, 6) is 0. The topological polar surface area (TPSA) is 32.7 Å². The largest absolute Gasteiger partial charge is 0.396 e. The zero-order chi connectivity index (χ0) is 12.1. The Balaban J connectivity index is 2.19. The van der Waals surface area contributed by atoms with Gasteiger partial charge in [-0.1, -0.05) is 12.1 Å². The van der Waals surface area contributed by atoms with Gasteiger partial charge in [0.1, 0.15) is 0 Å². The van der Waals surface area contributed by atoms with Gasteiger partial charge in [0.2, 0.25) is 0 Å². The molecule has 1 aromatic rings. The molecule has 0 amide bonds. The van der Waals surface area contributed by atoms with Crippen molar-refractivity contribution in [3.05, 3.63) is 29.3 Å². The van der Waals surface area contributed by atoms with Gasteiger partial charge < -0.3 is 14.7 Å². The minimum absolute atomic E-state index is 0.260. The Morgan fingerprint density at radius 3 is 2.76 bits per heavy atom. The van der Waals surface area contributed by atoms with E-state index in [1.807, 2.05) is 0 Å². The summed E-state index contributed by atoms with van der Waals surface area (Å²) in [7, 11) is 0. The Morgan fingerprint density at radius 1 is 1.29 bits per heavy atom. The summed E-state index contributed by atoms with van der Waals surface area (Å²) in [4.78, 5) is 2.39. The smallest absolute Gasteiger partial charge is 0.0642 e. The fraction of sp³-hybridized carbons (Fsp3) is 0.571. The van der Waals surface area contributed by atoms with Gasteiger partial charge in [0.15, 0.2) is 0 Å². The van der Waals surface area contributed by atoms with E-state index in [-0.39, 0.29) is 6.61 Å². The van der Waals surface area contributed by atoms with Crippen LogP contribution in [0, 0.1) is 6.92 Å². The SMILES string of the molecule is Cc1ccc(CCCO)c(N2CCOCC2)c1. The molecule has 3 heteroatoms. The minimum Gasteiger partial charge on any atom is -0.396 e. The summed E-state index contributed by atoms with van der Waals surface area (Å²) >= 11 is 0. The normalized spacial score (nSPS) is 16.2. The van der Waals surface area contributed by atoms with Crippen molar-refractivity contribution in [2.45, 2.75) is 19.8 Å². The predicted molar refractivity (Wildman–Crippen MR) is 69.6 cm³/mol. The molecule has 1 N–H and O–H groups in total. The molecule has 0 atom stereocenters. The molecule has 94 valence electrons. The highest BCUT2D eigenvalue weighted by atomic mass is 16.5. The molecule has 0 spiro atoms. The Kier molecular flexibility index (Phi) is 4.40. The number of ether oxygens (including phenoxy) is 1. The quantitative estimate of drug-likeness (QED) is 0.863. The molecular weight excluding hydrogens is 214 g/mol. The van der Waals surface area contributed by atoms with Gasteiger partial charge in [-0.25, -0.2) is 0 Å². The van der Waals surface area contributed by atoms with E-state index in [0.717, 1.165) is 39.1 Å². The number of aliphatic hydroxyl groups excluding tert-OH is 1. The van der Waals surface area contributed by atoms with Gasteiger partial charge >= 0.3 is 0 Å². The van der Waals surface area contributed by atoms with Crippen LogP contribution in [-0.2, 0) is 11.2 Å². The summed E-state index contributed by atoms with van der Waals surface area (Å²) in [6.07, 6.45) is 1.78. The van der Waals surface area contributed by atoms with Crippen molar-refractivity contribution in [2.24, 2.45) is 0 Å². The average Bonchev–Trinajstić information content (AvgIpc) is 2.38. The van der Waals surface area contributed by atoms with Gasteiger partial charge in [0.05, 0.1) is 13.2 Å². The van der Waals surface area contributed by atoms with Crippen molar-refractivity contribution in [2.75, 3.05) is 37.8 Å². The first-order valence-corrected chi connectivity index (χ1v) is 6.34. The summed E-state index contributed by atoms with van der Waals surface area (Å²) in [6, 6.07) is 6.59. The van der Waals surface area contributed by atoms with Gasteiger partial charge in [-0.3, -0.25) is 0 Å². The van der Waals surface area contributed by atoms with Crippen molar-refractivity contribution in [1.29, 1.82) is 0 Å². The monoisotopic (exact) mass is 235 g/mol. The predicted octanol–water partition coefficient (Wildman–Crippen LogP) is 1.76. The van der Waals surface area contributed by atoms with Crippen LogP contribution in [0.4, 0.5) is 5.69 Å². The van der Waals surface area contributed by atoms with Gasteiger partial charge in [-0.15, -0.1) is 0 Å². The number of hydrogen-bond acceptors (Lipinski definition) is 3. The number of benzene rings is 1. The number of aliphatic hydroxyl groups is 1. The summed E-state index contributed by atoms with van der Waals surface area (Å²) in [5.41, 5.74) is 3.95. The molecule has 17 heavy (non-hydrogen) atoms. The lowest BCUT2D eigenvalue weighted by atomic mass is 10.0. The summed E-state index contributed by atoms with van der Waals surface area (Å²) in [5, 5.41) is 8.95. The number of rotatable bonds is 4. The molecule has 2 rings (SSSR count). The molecule has 1 aliphatic rings. The lowest BCUT2D eigenvalue weighted by Gasteiger charge is -2.31. The van der Waals surface area contributed by atoms with E-state index in [1.54, 1.807) is 0 Å². The third-order valence-corrected chi connectivity index (χ3v) is 3.20. The number of nitrogens with zero attached hydrogens (tertiary/aromatic N) is 1. The number of aryl methyl sites for hydroxylation is 2. The third-order valence-electron chi connectivity index (χ3n) is 3.20. The first-order valence-electron chi connectivity index (χ1n) is 6.34. The molecule has 0 radical (unpaired) electrons. The summed E-state index contributed by atoms with van der Waals surface area (Å²) < 4.78 is 5.39. The highest BCUT2D eigenvalue weighted by Gasteiger charge is 2.14. The number of morpholine rings is 1.